The second-order valence-corrected chi connectivity index (χ2v) is 11.4. The monoisotopic (exact) mass is 541 g/mol. The number of fused-ring (bicyclic) bond motifs is 1. The van der Waals surface area contributed by atoms with E-state index >= 15 is 0 Å². The van der Waals surface area contributed by atoms with Crippen LogP contribution in [0.3, 0.4) is 0 Å². The number of nitrogens with one attached hydrogen (secondary N) is 3. The second-order valence-electron chi connectivity index (χ2n) is 11.4. The Kier molecular flexibility index (Phi) is 9.43. The van der Waals surface area contributed by atoms with E-state index in [9.17, 15) is 24.4 Å². The minimum absolute atomic E-state index is 0.0463. The Hall–Kier alpha value is -3.81. The fraction of sp³-hybridized carbons (Fsp3) is 0.607. The molecule has 0 radical (unpaired) electrons. The van der Waals surface area contributed by atoms with Gasteiger partial charge in [-0.15, -0.1) is 0 Å². The highest BCUT2D eigenvalue weighted by atomic mass is 16.6. The summed E-state index contributed by atoms with van der Waals surface area (Å²) in [6, 6.07) is 4.48. The summed E-state index contributed by atoms with van der Waals surface area (Å²) < 4.78 is 11.1. The lowest BCUT2D eigenvalue weighted by atomic mass is 9.98. The zero-order chi connectivity index (χ0) is 28.9. The first-order chi connectivity index (χ1) is 18.3. The van der Waals surface area contributed by atoms with Gasteiger partial charge in [0.05, 0.1) is 18.9 Å². The molecule has 2 aliphatic rings. The highest BCUT2D eigenvalue weighted by molar-refractivity contribution is 6.02. The molecule has 3 rings (SSSR count). The predicted octanol–water partition coefficient (Wildman–Crippen LogP) is 2.43. The summed E-state index contributed by atoms with van der Waals surface area (Å²) in [4.78, 5) is 53.4. The number of nitriles is 1. The number of methoxy groups -OCH3 is 1. The van der Waals surface area contributed by atoms with Crippen LogP contribution in [0.5, 0.6) is 5.75 Å². The van der Waals surface area contributed by atoms with Gasteiger partial charge in [-0.2, -0.15) is 5.26 Å². The number of nitrogens with zero attached hydrogens (tertiary/aromatic N) is 2. The molecule has 2 aliphatic heterocycles. The molecular formula is C28H39N5O6. The lowest BCUT2D eigenvalue weighted by Crippen LogP contribution is -2.56. The van der Waals surface area contributed by atoms with Gasteiger partial charge in [0.25, 0.3) is 0 Å². The van der Waals surface area contributed by atoms with E-state index in [4.69, 9.17) is 9.47 Å². The molecule has 0 aromatic heterocycles. The van der Waals surface area contributed by atoms with Crippen LogP contribution >= 0.6 is 0 Å². The van der Waals surface area contributed by atoms with Gasteiger partial charge in [-0.3, -0.25) is 19.3 Å². The summed E-state index contributed by atoms with van der Waals surface area (Å²) in [6.07, 6.45) is 0.609. The SMILES string of the molecule is COc1cccc2c1CC(C(=O)N[C@@H](CC(C)C)C(=O)N[C@H](C#N)C[C@@H]1CCNC1=O)N2C(=O)OC(C)(C)C. The van der Waals surface area contributed by atoms with Crippen molar-refractivity contribution < 1.29 is 28.7 Å². The van der Waals surface area contributed by atoms with Crippen molar-refractivity contribution in [2.45, 2.75) is 84.0 Å². The topological polar surface area (TPSA) is 150 Å². The maximum absolute atomic E-state index is 13.7. The van der Waals surface area contributed by atoms with Crippen molar-refractivity contribution in [3.8, 4) is 11.8 Å². The third kappa shape index (κ3) is 7.40. The fourth-order valence-electron chi connectivity index (χ4n) is 4.92. The number of hydrogen-bond acceptors (Lipinski definition) is 7. The van der Waals surface area contributed by atoms with E-state index in [1.165, 1.54) is 12.0 Å². The highest BCUT2D eigenvalue weighted by Gasteiger charge is 2.43. The summed E-state index contributed by atoms with van der Waals surface area (Å²) in [6.45, 7) is 9.61. The second kappa shape index (κ2) is 12.4. The first kappa shape index (κ1) is 29.7. The molecule has 1 fully saturated rings. The van der Waals surface area contributed by atoms with Gasteiger partial charge in [0.1, 0.15) is 29.5 Å². The lowest BCUT2D eigenvalue weighted by molar-refractivity contribution is -0.130. The molecule has 1 unspecified atom stereocenters. The van der Waals surface area contributed by atoms with Crippen LogP contribution in [0.1, 0.15) is 59.4 Å². The van der Waals surface area contributed by atoms with Crippen LogP contribution in [0.25, 0.3) is 0 Å². The van der Waals surface area contributed by atoms with E-state index in [-0.39, 0.29) is 30.6 Å². The van der Waals surface area contributed by atoms with Crippen LogP contribution in [0, 0.1) is 23.2 Å². The van der Waals surface area contributed by atoms with Crippen LogP contribution in [-0.2, 0) is 25.5 Å². The van der Waals surface area contributed by atoms with Crippen molar-refractivity contribution in [3.05, 3.63) is 23.8 Å². The molecule has 1 aromatic carbocycles. The Balaban J connectivity index is 1.81. The maximum atomic E-state index is 13.7. The number of carbonyl (C=O) groups is 4. The van der Waals surface area contributed by atoms with E-state index < -0.39 is 41.6 Å². The first-order valence-electron chi connectivity index (χ1n) is 13.3. The van der Waals surface area contributed by atoms with Crippen molar-refractivity contribution in [1.82, 2.24) is 16.0 Å². The Labute approximate surface area is 229 Å². The van der Waals surface area contributed by atoms with Crippen LogP contribution in [-0.4, -0.2) is 61.2 Å². The van der Waals surface area contributed by atoms with Gasteiger partial charge in [-0.1, -0.05) is 19.9 Å². The minimum atomic E-state index is -0.970. The van der Waals surface area contributed by atoms with E-state index in [1.807, 2.05) is 13.8 Å². The fourth-order valence-corrected chi connectivity index (χ4v) is 4.92. The molecule has 3 N–H and O–H groups in total. The van der Waals surface area contributed by atoms with E-state index in [0.717, 1.165) is 0 Å². The minimum Gasteiger partial charge on any atom is -0.496 e. The normalized spacial score (nSPS) is 19.9. The average Bonchev–Trinajstić information content (AvgIpc) is 3.44. The van der Waals surface area contributed by atoms with Gasteiger partial charge in [-0.05, 0) is 58.1 Å². The third-order valence-corrected chi connectivity index (χ3v) is 6.69. The van der Waals surface area contributed by atoms with Gasteiger partial charge in [0, 0.05) is 24.4 Å². The van der Waals surface area contributed by atoms with Gasteiger partial charge >= 0.3 is 6.09 Å². The van der Waals surface area contributed by atoms with Crippen molar-refractivity contribution >= 4 is 29.5 Å². The molecule has 11 nitrogen and oxygen atoms in total. The van der Waals surface area contributed by atoms with Crippen LogP contribution in [0.4, 0.5) is 10.5 Å². The molecular weight excluding hydrogens is 502 g/mol. The standard InChI is InChI=1S/C28H39N5O6/c1-16(2)12-20(25(35)31-18(15-29)13-17-10-11-30-24(17)34)32-26(36)22-14-19-21(8-7-9-23(19)38-6)33(22)27(37)39-28(3,4)5/h7-9,16-18,20,22H,10-14H2,1-6H3,(H,30,34)(H,31,35)(H,32,36)/t17-,18-,20-,22?/m0/s1. The molecule has 1 saturated heterocycles. The van der Waals surface area contributed by atoms with Crippen LogP contribution in [0.15, 0.2) is 18.2 Å². The highest BCUT2D eigenvalue weighted by Crippen LogP contribution is 2.39. The maximum Gasteiger partial charge on any atom is 0.415 e. The predicted molar refractivity (Wildman–Crippen MR) is 144 cm³/mol. The zero-order valence-corrected chi connectivity index (χ0v) is 23.5. The van der Waals surface area contributed by atoms with Gasteiger partial charge in [0.15, 0.2) is 0 Å². The van der Waals surface area contributed by atoms with Crippen molar-refractivity contribution in [1.29, 1.82) is 5.26 Å². The average molecular weight is 542 g/mol. The van der Waals surface area contributed by atoms with E-state index in [2.05, 4.69) is 22.0 Å². The summed E-state index contributed by atoms with van der Waals surface area (Å²) >= 11 is 0. The van der Waals surface area contributed by atoms with Gasteiger partial charge < -0.3 is 25.4 Å². The number of amides is 4. The summed E-state index contributed by atoms with van der Waals surface area (Å²) in [5.41, 5.74) is 0.408. The molecule has 0 bridgehead atoms. The largest absolute Gasteiger partial charge is 0.496 e. The zero-order valence-electron chi connectivity index (χ0n) is 23.5. The molecule has 4 atom stereocenters. The molecule has 212 valence electrons. The molecule has 39 heavy (non-hydrogen) atoms. The molecule has 1 aromatic rings. The Bertz CT molecular complexity index is 1140. The number of hydrogen-bond donors (Lipinski definition) is 3. The Morgan fingerprint density at radius 3 is 2.51 bits per heavy atom. The van der Waals surface area contributed by atoms with Crippen molar-refractivity contribution in [2.24, 2.45) is 11.8 Å². The molecule has 11 heteroatoms. The summed E-state index contributed by atoms with van der Waals surface area (Å²) in [7, 11) is 1.52. The first-order valence-corrected chi connectivity index (χ1v) is 13.3. The number of rotatable bonds is 9. The third-order valence-electron chi connectivity index (χ3n) is 6.69. The Morgan fingerprint density at radius 2 is 1.95 bits per heavy atom. The molecule has 0 saturated carbocycles. The summed E-state index contributed by atoms with van der Waals surface area (Å²) in [5.74, 6) is -0.925. The molecule has 4 amide bonds. The number of carbonyl (C=O) groups excluding carboxylic acids is 4. The number of ether oxygens (including phenoxy) is 2. The summed E-state index contributed by atoms with van der Waals surface area (Å²) in [5, 5.41) is 17.9. The Morgan fingerprint density at radius 1 is 1.23 bits per heavy atom. The van der Waals surface area contributed by atoms with Gasteiger partial charge in [-0.25, -0.2) is 4.79 Å². The van der Waals surface area contributed by atoms with Crippen LogP contribution < -0.4 is 25.6 Å². The van der Waals surface area contributed by atoms with Crippen LogP contribution in [0.2, 0.25) is 0 Å². The number of benzene rings is 1. The molecule has 0 aliphatic carbocycles. The van der Waals surface area contributed by atoms with E-state index in [1.54, 1.807) is 39.0 Å². The smallest absolute Gasteiger partial charge is 0.415 e. The lowest BCUT2D eigenvalue weighted by Gasteiger charge is -2.30. The molecule has 0 spiro atoms. The quantitative estimate of drug-likeness (QED) is 0.434. The van der Waals surface area contributed by atoms with Crippen molar-refractivity contribution in [2.75, 3.05) is 18.6 Å². The van der Waals surface area contributed by atoms with E-state index in [0.29, 0.717) is 36.4 Å². The molecule has 2 heterocycles. The van der Waals surface area contributed by atoms with Gasteiger partial charge in [0.2, 0.25) is 17.7 Å². The number of anilines is 1. The van der Waals surface area contributed by atoms with Crippen molar-refractivity contribution in [3.63, 3.8) is 0 Å².